The van der Waals surface area contributed by atoms with Gasteiger partial charge >= 0.3 is 0 Å². The van der Waals surface area contributed by atoms with E-state index in [-0.39, 0.29) is 19.1 Å². The molecule has 348 valence electrons. The number of phosphoric ester groups is 1. The predicted octanol–water partition coefficient (Wildman–Crippen LogP) is 13.6. The highest BCUT2D eigenvalue weighted by molar-refractivity contribution is 7.45. The van der Waals surface area contributed by atoms with Gasteiger partial charge in [-0.15, -0.1) is 0 Å². The van der Waals surface area contributed by atoms with Crippen LogP contribution in [0.5, 0.6) is 0 Å². The van der Waals surface area contributed by atoms with Crippen LogP contribution in [-0.2, 0) is 18.4 Å². The number of nitrogens with one attached hydrogen (secondary N) is 1. The monoisotopic (exact) mass is 853 g/mol. The van der Waals surface area contributed by atoms with E-state index in [0.29, 0.717) is 17.4 Å². The van der Waals surface area contributed by atoms with Crippen LogP contribution in [0.25, 0.3) is 0 Å². The molecule has 9 heteroatoms. The molecule has 0 saturated carbocycles. The highest BCUT2D eigenvalue weighted by Crippen LogP contribution is 2.38. The number of carbonyl (C=O) groups is 1. The maximum Gasteiger partial charge on any atom is 0.268 e. The van der Waals surface area contributed by atoms with Crippen molar-refractivity contribution in [3.8, 4) is 0 Å². The number of aliphatic hydroxyl groups is 1. The summed E-state index contributed by atoms with van der Waals surface area (Å²) in [5.74, 6) is -0.201. The smallest absolute Gasteiger partial charge is 0.268 e. The zero-order valence-corrected chi connectivity index (χ0v) is 40.4. The highest BCUT2D eigenvalue weighted by Gasteiger charge is 2.23. The van der Waals surface area contributed by atoms with Gasteiger partial charge in [-0.1, -0.05) is 204 Å². The molecule has 0 bridgehead atoms. The summed E-state index contributed by atoms with van der Waals surface area (Å²) in [5.41, 5.74) is 0. The van der Waals surface area contributed by atoms with Gasteiger partial charge in [0.2, 0.25) is 5.91 Å². The van der Waals surface area contributed by atoms with E-state index in [1.54, 1.807) is 6.08 Å². The van der Waals surface area contributed by atoms with Crippen LogP contribution >= 0.6 is 7.82 Å². The van der Waals surface area contributed by atoms with Crippen molar-refractivity contribution in [1.82, 2.24) is 5.32 Å². The van der Waals surface area contributed by atoms with Gasteiger partial charge in [-0.2, -0.15) is 0 Å². The standard InChI is InChI=1S/C50H97N2O6P/c1-6-8-10-12-14-16-18-19-20-21-22-23-24-25-26-27-28-29-30-31-32-33-34-36-38-40-42-44-50(54)51-48(47-58-59(55,56)57-46-45-52(3,4)5)49(53)43-41-39-37-35-17-15-13-11-9-7-2/h22-23,25-26,41,43,48-49,53H,6-21,24,27-40,42,44-47H2,1-5H3,(H-,51,54,55,56)/b23-22-,26-25-,43-41+. The average molecular weight is 853 g/mol. The van der Waals surface area contributed by atoms with E-state index in [1.807, 2.05) is 27.2 Å². The highest BCUT2D eigenvalue weighted by atomic mass is 31.2. The van der Waals surface area contributed by atoms with Crippen LogP contribution in [0, 0.1) is 0 Å². The predicted molar refractivity (Wildman–Crippen MR) is 251 cm³/mol. The second-order valence-corrected chi connectivity index (χ2v) is 19.6. The van der Waals surface area contributed by atoms with Crippen molar-refractivity contribution < 1.29 is 32.9 Å². The van der Waals surface area contributed by atoms with Gasteiger partial charge in [0.05, 0.1) is 39.9 Å². The average Bonchev–Trinajstić information content (AvgIpc) is 3.19. The molecular formula is C50H97N2O6P. The summed E-state index contributed by atoms with van der Waals surface area (Å²) in [4.78, 5) is 25.3. The van der Waals surface area contributed by atoms with Crippen LogP contribution in [0.4, 0.5) is 0 Å². The Labute approximate surface area is 366 Å². The van der Waals surface area contributed by atoms with E-state index in [0.717, 1.165) is 44.9 Å². The van der Waals surface area contributed by atoms with Gasteiger partial charge in [-0.05, 0) is 51.4 Å². The molecule has 2 N–H and O–H groups in total. The summed E-state index contributed by atoms with van der Waals surface area (Å²) in [7, 11) is 1.26. The molecule has 1 amide bonds. The van der Waals surface area contributed by atoms with Gasteiger partial charge < -0.3 is 28.8 Å². The van der Waals surface area contributed by atoms with Crippen molar-refractivity contribution in [2.24, 2.45) is 0 Å². The Morgan fingerprint density at radius 3 is 1.41 bits per heavy atom. The molecule has 3 unspecified atom stereocenters. The van der Waals surface area contributed by atoms with Crippen LogP contribution in [0.1, 0.15) is 226 Å². The second kappa shape index (κ2) is 42.0. The van der Waals surface area contributed by atoms with Gasteiger partial charge in [0.25, 0.3) is 7.82 Å². The Morgan fingerprint density at radius 2 is 0.983 bits per heavy atom. The third-order valence-corrected chi connectivity index (χ3v) is 12.1. The topological polar surface area (TPSA) is 108 Å². The van der Waals surface area contributed by atoms with Gasteiger partial charge in [-0.25, -0.2) is 0 Å². The number of carbonyl (C=O) groups excluding carboxylic acids is 1. The third-order valence-electron chi connectivity index (χ3n) is 11.1. The quantitative estimate of drug-likeness (QED) is 0.0273. The van der Waals surface area contributed by atoms with Gasteiger partial charge in [0.1, 0.15) is 13.2 Å². The molecule has 0 aliphatic rings. The van der Waals surface area contributed by atoms with Crippen molar-refractivity contribution in [2.45, 2.75) is 238 Å². The summed E-state index contributed by atoms with van der Waals surface area (Å²) in [5, 5.41) is 13.7. The van der Waals surface area contributed by atoms with Crippen LogP contribution in [0.15, 0.2) is 36.5 Å². The first-order chi connectivity index (χ1) is 28.5. The van der Waals surface area contributed by atoms with Crippen molar-refractivity contribution in [1.29, 1.82) is 0 Å². The minimum atomic E-state index is -4.58. The lowest BCUT2D eigenvalue weighted by Crippen LogP contribution is -2.45. The second-order valence-electron chi connectivity index (χ2n) is 18.2. The van der Waals surface area contributed by atoms with Crippen molar-refractivity contribution in [3.05, 3.63) is 36.5 Å². The maximum atomic E-state index is 12.9. The Bertz CT molecular complexity index is 1060. The first kappa shape index (κ1) is 57.7. The summed E-state index contributed by atoms with van der Waals surface area (Å²) < 4.78 is 23.2. The molecule has 0 fully saturated rings. The lowest BCUT2D eigenvalue weighted by atomic mass is 10.0. The minimum Gasteiger partial charge on any atom is -0.756 e. The molecule has 0 aromatic rings. The molecule has 0 aliphatic carbocycles. The molecule has 0 rings (SSSR count). The lowest BCUT2D eigenvalue weighted by Gasteiger charge is -2.29. The number of nitrogens with zero attached hydrogens (tertiary/aromatic N) is 1. The minimum absolute atomic E-state index is 0.00154. The summed E-state index contributed by atoms with van der Waals surface area (Å²) in [6.45, 7) is 4.63. The van der Waals surface area contributed by atoms with Crippen LogP contribution < -0.4 is 10.2 Å². The zero-order chi connectivity index (χ0) is 43.6. The molecule has 0 heterocycles. The molecule has 3 atom stereocenters. The fraction of sp³-hybridized carbons (Fsp3) is 0.860. The van der Waals surface area contributed by atoms with Crippen LogP contribution in [-0.4, -0.2) is 68.5 Å². The molecule has 0 aromatic heterocycles. The van der Waals surface area contributed by atoms with Crippen LogP contribution in [0.2, 0.25) is 0 Å². The number of hydrogen-bond donors (Lipinski definition) is 2. The SMILES string of the molecule is CCCCCCCCCC/C=C/C(O)C(COP(=O)([O-])OCC[N+](C)(C)C)NC(=O)CCCCCCCCCCCCC/C=C\C/C=C\CCCCCCCCCCC. The number of aliphatic hydroxyl groups excluding tert-OH is 1. The Hall–Kier alpha value is -1.28. The third kappa shape index (κ3) is 44.6. The fourth-order valence-corrected chi connectivity index (χ4v) is 7.85. The summed E-state index contributed by atoms with van der Waals surface area (Å²) in [6, 6.07) is -0.885. The fourth-order valence-electron chi connectivity index (χ4n) is 7.12. The molecule has 8 nitrogen and oxygen atoms in total. The van der Waals surface area contributed by atoms with Gasteiger partial charge in [0, 0.05) is 6.42 Å². The number of likely N-dealkylation sites (N-methyl/N-ethyl adjacent to an activating group) is 1. The molecule has 0 aliphatic heterocycles. The number of quaternary nitrogens is 1. The molecule has 0 aromatic carbocycles. The van der Waals surface area contributed by atoms with Gasteiger partial charge in [0.15, 0.2) is 0 Å². The number of allylic oxidation sites excluding steroid dienone is 5. The van der Waals surface area contributed by atoms with E-state index in [2.05, 4.69) is 43.5 Å². The van der Waals surface area contributed by atoms with Crippen molar-refractivity contribution in [2.75, 3.05) is 40.9 Å². The largest absolute Gasteiger partial charge is 0.756 e. The van der Waals surface area contributed by atoms with Crippen LogP contribution in [0.3, 0.4) is 0 Å². The zero-order valence-electron chi connectivity index (χ0n) is 39.5. The molecule has 59 heavy (non-hydrogen) atoms. The van der Waals surface area contributed by atoms with Crippen molar-refractivity contribution in [3.63, 3.8) is 0 Å². The Kier molecular flexibility index (Phi) is 41.1. The normalized spacial score (nSPS) is 14.5. The van der Waals surface area contributed by atoms with E-state index in [1.165, 1.54) is 161 Å². The number of amides is 1. The lowest BCUT2D eigenvalue weighted by molar-refractivity contribution is -0.870. The van der Waals surface area contributed by atoms with E-state index < -0.39 is 20.0 Å². The molecule has 0 radical (unpaired) electrons. The number of hydrogen-bond acceptors (Lipinski definition) is 6. The number of unbranched alkanes of at least 4 members (excludes halogenated alkanes) is 28. The van der Waals surface area contributed by atoms with Crippen molar-refractivity contribution >= 4 is 13.7 Å². The molecular weight excluding hydrogens is 756 g/mol. The first-order valence-corrected chi connectivity index (χ1v) is 26.3. The van der Waals surface area contributed by atoms with E-state index in [9.17, 15) is 19.4 Å². The molecule has 0 saturated heterocycles. The maximum absolute atomic E-state index is 12.9. The summed E-state index contributed by atoms with van der Waals surface area (Å²) >= 11 is 0. The van der Waals surface area contributed by atoms with Gasteiger partial charge in [-0.3, -0.25) is 9.36 Å². The van der Waals surface area contributed by atoms with E-state index >= 15 is 0 Å². The Morgan fingerprint density at radius 1 is 0.593 bits per heavy atom. The summed E-state index contributed by atoms with van der Waals surface area (Å²) in [6.07, 6.45) is 52.1. The van der Waals surface area contributed by atoms with E-state index in [4.69, 9.17) is 9.05 Å². The Balaban J connectivity index is 4.13. The molecule has 0 spiro atoms. The first-order valence-electron chi connectivity index (χ1n) is 24.9. The number of phosphoric acid groups is 1. The number of rotatable bonds is 45.